The molecule has 0 aliphatic rings. The van der Waals surface area contributed by atoms with Gasteiger partial charge in [0.2, 0.25) is 10.0 Å². The van der Waals surface area contributed by atoms with Gasteiger partial charge in [0.1, 0.15) is 0 Å². The molecule has 9 heteroatoms. The zero-order chi connectivity index (χ0) is 20.7. The van der Waals surface area contributed by atoms with E-state index in [1.54, 1.807) is 48.5 Å². The summed E-state index contributed by atoms with van der Waals surface area (Å²) in [5.41, 5.74) is 3.91. The van der Waals surface area contributed by atoms with Gasteiger partial charge in [-0.3, -0.25) is 9.78 Å². The van der Waals surface area contributed by atoms with E-state index in [9.17, 15) is 13.2 Å². The number of halogens is 1. The molecule has 7 nitrogen and oxygen atoms in total. The molecule has 0 bridgehead atoms. The smallest absolute Gasteiger partial charge is 0.267 e. The summed E-state index contributed by atoms with van der Waals surface area (Å²) >= 11 is 3.28. The zero-order valence-corrected chi connectivity index (χ0v) is 17.5. The molecule has 3 rings (SSSR count). The highest BCUT2D eigenvalue weighted by Crippen LogP contribution is 2.14. The van der Waals surface area contributed by atoms with E-state index in [0.717, 1.165) is 4.47 Å². The molecule has 1 aromatic heterocycles. The lowest BCUT2D eigenvalue weighted by atomic mass is 10.1. The Hall–Kier alpha value is -2.88. The molecule has 0 saturated carbocycles. The highest BCUT2D eigenvalue weighted by atomic mass is 79.9. The number of sulfonamides is 1. The Morgan fingerprint density at radius 3 is 2.24 bits per heavy atom. The third kappa shape index (κ3) is 5.80. The SMILES string of the molecule is O=C(N/N=C(\CNS(=O)(=O)c1ccc(Br)cc1)c1ccccc1)c1ccncc1. The van der Waals surface area contributed by atoms with Crippen LogP contribution in [-0.2, 0) is 10.0 Å². The van der Waals surface area contributed by atoms with Crippen LogP contribution in [0.1, 0.15) is 15.9 Å². The number of nitrogens with zero attached hydrogens (tertiary/aromatic N) is 2. The highest BCUT2D eigenvalue weighted by molar-refractivity contribution is 9.10. The van der Waals surface area contributed by atoms with Crippen LogP contribution in [0.5, 0.6) is 0 Å². The second kappa shape index (κ2) is 9.55. The maximum absolute atomic E-state index is 12.6. The Kier molecular flexibility index (Phi) is 6.86. The molecule has 0 fully saturated rings. The first kappa shape index (κ1) is 20.8. The minimum absolute atomic E-state index is 0.0982. The summed E-state index contributed by atoms with van der Waals surface area (Å²) in [4.78, 5) is 16.2. The Balaban J connectivity index is 1.79. The van der Waals surface area contributed by atoms with Gasteiger partial charge in [-0.2, -0.15) is 5.10 Å². The first-order chi connectivity index (χ1) is 14.0. The molecule has 3 aromatic rings. The van der Waals surface area contributed by atoms with E-state index in [4.69, 9.17) is 0 Å². The summed E-state index contributed by atoms with van der Waals surface area (Å²) in [5.74, 6) is -0.420. The van der Waals surface area contributed by atoms with Gasteiger partial charge >= 0.3 is 0 Å². The molecule has 0 aliphatic carbocycles. The van der Waals surface area contributed by atoms with Crippen molar-refractivity contribution in [3.8, 4) is 0 Å². The van der Waals surface area contributed by atoms with Crippen LogP contribution in [-0.4, -0.2) is 31.6 Å². The lowest BCUT2D eigenvalue weighted by molar-refractivity contribution is 0.0954. The minimum atomic E-state index is -3.74. The van der Waals surface area contributed by atoms with Crippen LogP contribution in [0.3, 0.4) is 0 Å². The molecule has 0 radical (unpaired) electrons. The average molecular weight is 473 g/mol. The summed E-state index contributed by atoms with van der Waals surface area (Å²) < 4.78 is 28.4. The summed E-state index contributed by atoms with van der Waals surface area (Å²) in [6.45, 7) is -0.0982. The van der Waals surface area contributed by atoms with Gasteiger partial charge in [-0.05, 0) is 42.0 Å². The molecular weight excluding hydrogens is 456 g/mol. The zero-order valence-electron chi connectivity index (χ0n) is 15.1. The van der Waals surface area contributed by atoms with Crippen molar-refractivity contribution in [1.82, 2.24) is 15.1 Å². The Morgan fingerprint density at radius 2 is 1.59 bits per heavy atom. The Morgan fingerprint density at radius 1 is 0.931 bits per heavy atom. The van der Waals surface area contributed by atoms with Crippen LogP contribution in [0.15, 0.2) is 93.6 Å². The van der Waals surface area contributed by atoms with E-state index in [0.29, 0.717) is 16.8 Å². The maximum Gasteiger partial charge on any atom is 0.271 e. The number of nitrogens with one attached hydrogen (secondary N) is 2. The quantitative estimate of drug-likeness (QED) is 0.407. The second-order valence-corrected chi connectivity index (χ2v) is 8.56. The number of carbonyl (C=O) groups is 1. The highest BCUT2D eigenvalue weighted by Gasteiger charge is 2.16. The van der Waals surface area contributed by atoms with Crippen molar-refractivity contribution in [3.63, 3.8) is 0 Å². The number of rotatable bonds is 7. The summed E-state index contributed by atoms with van der Waals surface area (Å²) in [7, 11) is -3.74. The molecular formula is C20H17BrN4O3S. The average Bonchev–Trinajstić information content (AvgIpc) is 2.75. The third-order valence-corrected chi connectivity index (χ3v) is 5.84. The molecule has 0 atom stereocenters. The fraction of sp³-hybridized carbons (Fsp3) is 0.0500. The van der Waals surface area contributed by atoms with Gasteiger partial charge in [0.15, 0.2) is 0 Å². The van der Waals surface area contributed by atoms with Crippen LogP contribution in [0.2, 0.25) is 0 Å². The van der Waals surface area contributed by atoms with Crippen molar-refractivity contribution < 1.29 is 13.2 Å². The van der Waals surface area contributed by atoms with Gasteiger partial charge in [-0.25, -0.2) is 18.6 Å². The van der Waals surface area contributed by atoms with E-state index < -0.39 is 15.9 Å². The predicted octanol–water partition coefficient (Wildman–Crippen LogP) is 2.96. The molecule has 0 spiro atoms. The summed E-state index contributed by atoms with van der Waals surface area (Å²) in [6.07, 6.45) is 3.01. The minimum Gasteiger partial charge on any atom is -0.267 e. The first-order valence-electron chi connectivity index (χ1n) is 8.53. The van der Waals surface area contributed by atoms with Gasteiger partial charge in [-0.1, -0.05) is 46.3 Å². The fourth-order valence-corrected chi connectivity index (χ4v) is 3.64. The molecule has 1 heterocycles. The first-order valence-corrected chi connectivity index (χ1v) is 10.8. The van der Waals surface area contributed by atoms with Crippen molar-refractivity contribution in [2.75, 3.05) is 6.54 Å². The molecule has 2 N–H and O–H groups in total. The Bertz CT molecular complexity index is 1100. The van der Waals surface area contributed by atoms with E-state index in [1.807, 2.05) is 6.07 Å². The number of pyridine rings is 1. The number of carbonyl (C=O) groups excluding carboxylic acids is 1. The topological polar surface area (TPSA) is 101 Å². The third-order valence-electron chi connectivity index (χ3n) is 3.90. The molecule has 1 amide bonds. The number of hydrazone groups is 1. The van der Waals surface area contributed by atoms with Crippen LogP contribution in [0, 0.1) is 0 Å². The van der Waals surface area contributed by atoms with Gasteiger partial charge in [0.05, 0.1) is 17.2 Å². The van der Waals surface area contributed by atoms with Crippen molar-refractivity contribution in [1.29, 1.82) is 0 Å². The lowest BCUT2D eigenvalue weighted by Gasteiger charge is -2.10. The van der Waals surface area contributed by atoms with Crippen molar-refractivity contribution in [2.45, 2.75) is 4.90 Å². The number of benzene rings is 2. The standard InChI is InChI=1S/C20H17BrN4O3S/c21-17-6-8-18(9-7-17)29(27,28)23-14-19(15-4-2-1-3-5-15)24-25-20(26)16-10-12-22-13-11-16/h1-13,23H,14H2,(H,25,26)/b24-19+. The van der Waals surface area contributed by atoms with Crippen molar-refractivity contribution in [3.05, 3.63) is 94.7 Å². The Labute approximate surface area is 177 Å². The molecule has 0 unspecified atom stereocenters. The van der Waals surface area contributed by atoms with Crippen LogP contribution < -0.4 is 10.1 Å². The largest absolute Gasteiger partial charge is 0.271 e. The molecule has 0 saturated heterocycles. The van der Waals surface area contributed by atoms with Gasteiger partial charge in [-0.15, -0.1) is 0 Å². The van der Waals surface area contributed by atoms with Crippen molar-refractivity contribution >= 4 is 37.6 Å². The number of hydrogen-bond donors (Lipinski definition) is 2. The second-order valence-electron chi connectivity index (χ2n) is 5.88. The van der Waals surface area contributed by atoms with E-state index in [-0.39, 0.29) is 11.4 Å². The van der Waals surface area contributed by atoms with Gasteiger partial charge < -0.3 is 0 Å². The number of amides is 1. The van der Waals surface area contributed by atoms with E-state index >= 15 is 0 Å². The molecule has 29 heavy (non-hydrogen) atoms. The van der Waals surface area contributed by atoms with Gasteiger partial charge in [0.25, 0.3) is 5.91 Å². The number of aromatic nitrogens is 1. The van der Waals surface area contributed by atoms with Gasteiger partial charge in [0, 0.05) is 22.4 Å². The van der Waals surface area contributed by atoms with Crippen LogP contribution in [0.4, 0.5) is 0 Å². The molecule has 2 aromatic carbocycles. The fourth-order valence-electron chi connectivity index (χ4n) is 2.38. The monoisotopic (exact) mass is 472 g/mol. The molecule has 0 aliphatic heterocycles. The van der Waals surface area contributed by atoms with E-state index in [2.05, 4.69) is 36.2 Å². The summed E-state index contributed by atoms with van der Waals surface area (Å²) in [6, 6.07) is 18.4. The maximum atomic E-state index is 12.6. The predicted molar refractivity (Wildman–Crippen MR) is 114 cm³/mol. The van der Waals surface area contributed by atoms with E-state index in [1.165, 1.54) is 24.5 Å². The lowest BCUT2D eigenvalue weighted by Crippen LogP contribution is -2.32. The molecule has 148 valence electrons. The van der Waals surface area contributed by atoms with Crippen molar-refractivity contribution in [2.24, 2.45) is 5.10 Å². The summed E-state index contributed by atoms with van der Waals surface area (Å²) in [5, 5.41) is 4.14. The van der Waals surface area contributed by atoms with Crippen LogP contribution >= 0.6 is 15.9 Å². The number of hydrogen-bond acceptors (Lipinski definition) is 5. The normalized spacial score (nSPS) is 11.8. The van der Waals surface area contributed by atoms with Crippen LogP contribution in [0.25, 0.3) is 0 Å².